The summed E-state index contributed by atoms with van der Waals surface area (Å²) < 4.78 is 0. The second kappa shape index (κ2) is 20.9. The van der Waals surface area contributed by atoms with Gasteiger partial charge in [-0.25, -0.2) is 0 Å². The maximum absolute atomic E-state index is 3.00. The van der Waals surface area contributed by atoms with Crippen LogP contribution in [0, 0.1) is 23.7 Å². The molecule has 2 unspecified atom stereocenters. The molecule has 0 aliphatic heterocycles. The molecule has 0 aromatic rings. The van der Waals surface area contributed by atoms with E-state index in [1.165, 1.54) is 0 Å². The van der Waals surface area contributed by atoms with Crippen molar-refractivity contribution in [1.29, 1.82) is 0 Å². The molecule has 0 aliphatic carbocycles. The molecule has 2 atom stereocenters. The molecule has 0 amide bonds. The van der Waals surface area contributed by atoms with E-state index in [1.807, 2.05) is 13.8 Å². The Morgan fingerprint density at radius 3 is 0.862 bits per heavy atom. The van der Waals surface area contributed by atoms with E-state index in [1.54, 1.807) is 0 Å². The number of allylic oxidation sites excluding steroid dienone is 8. The summed E-state index contributed by atoms with van der Waals surface area (Å²) in [6, 6.07) is 0. The van der Waals surface area contributed by atoms with E-state index in [-0.39, 0.29) is 55.5 Å². The minimum Gasteiger partial charge on any atom is -1.00 e. The SMILES string of the molecule is CC=CC=CC(P)(C(C)C)C(C)C.CC=CC=CC(P)(C(C)C)C(C)C.[Cl-].[Cl-].[Pd+2]. The molecule has 0 spiro atoms. The number of halogens is 2. The minimum absolute atomic E-state index is 0. The van der Waals surface area contributed by atoms with Crippen molar-refractivity contribution in [3.05, 3.63) is 48.6 Å². The fourth-order valence-corrected chi connectivity index (χ4v) is 2.99. The molecule has 29 heavy (non-hydrogen) atoms. The average molecular weight is 574 g/mol. The van der Waals surface area contributed by atoms with Crippen LogP contribution in [0.3, 0.4) is 0 Å². The van der Waals surface area contributed by atoms with Gasteiger partial charge in [-0.2, -0.15) is 0 Å². The summed E-state index contributed by atoms with van der Waals surface area (Å²) in [6.07, 6.45) is 17.2. The quantitative estimate of drug-likeness (QED) is 0.237. The Hall–Kier alpha value is 1.06. The van der Waals surface area contributed by atoms with Gasteiger partial charge < -0.3 is 24.8 Å². The molecular formula is C24H46Cl2P2Pd. The van der Waals surface area contributed by atoms with Crippen molar-refractivity contribution < 1.29 is 45.2 Å². The summed E-state index contributed by atoms with van der Waals surface area (Å²) in [4.78, 5) is 0. The second-order valence-electron chi connectivity index (χ2n) is 8.39. The zero-order chi connectivity index (χ0) is 21.0. The number of hydrogen-bond donors (Lipinski definition) is 0. The Balaban J connectivity index is -0.000000120. The maximum Gasteiger partial charge on any atom is 2.00 e. The first-order chi connectivity index (χ1) is 11.9. The van der Waals surface area contributed by atoms with Gasteiger partial charge in [-0.1, -0.05) is 104 Å². The van der Waals surface area contributed by atoms with Crippen molar-refractivity contribution in [3.63, 3.8) is 0 Å². The third-order valence-corrected chi connectivity index (χ3v) is 8.43. The fraction of sp³-hybridized carbons (Fsp3) is 0.667. The molecule has 0 saturated carbocycles. The largest absolute Gasteiger partial charge is 2.00 e. The van der Waals surface area contributed by atoms with Crippen LogP contribution in [0.25, 0.3) is 0 Å². The van der Waals surface area contributed by atoms with E-state index < -0.39 is 0 Å². The van der Waals surface area contributed by atoms with E-state index in [0.717, 1.165) is 0 Å². The molecule has 5 heteroatoms. The van der Waals surface area contributed by atoms with Crippen molar-refractivity contribution in [3.8, 4) is 0 Å². The Labute approximate surface area is 214 Å². The molecule has 0 bridgehead atoms. The van der Waals surface area contributed by atoms with E-state index in [4.69, 9.17) is 0 Å². The summed E-state index contributed by atoms with van der Waals surface area (Å²) in [5.74, 6) is 2.61. The Kier molecular flexibility index (Phi) is 29.2. The van der Waals surface area contributed by atoms with E-state index in [2.05, 4.69) is 122 Å². The van der Waals surface area contributed by atoms with E-state index in [9.17, 15) is 0 Å². The van der Waals surface area contributed by atoms with E-state index in [0.29, 0.717) is 23.7 Å². The van der Waals surface area contributed by atoms with Gasteiger partial charge in [0.2, 0.25) is 0 Å². The predicted molar refractivity (Wildman–Crippen MR) is 132 cm³/mol. The van der Waals surface area contributed by atoms with Crippen LogP contribution in [-0.4, -0.2) is 10.3 Å². The predicted octanol–water partition coefficient (Wildman–Crippen LogP) is 2.09. The van der Waals surface area contributed by atoms with Crippen molar-refractivity contribution in [2.24, 2.45) is 23.7 Å². The topological polar surface area (TPSA) is 0 Å². The second-order valence-corrected chi connectivity index (χ2v) is 10.4. The first-order valence-electron chi connectivity index (χ1n) is 10.1. The third kappa shape index (κ3) is 15.5. The van der Waals surface area contributed by atoms with Gasteiger partial charge in [0.1, 0.15) is 0 Å². The third-order valence-electron chi connectivity index (χ3n) is 5.38. The number of hydrogen-bond acceptors (Lipinski definition) is 0. The van der Waals surface area contributed by atoms with Crippen LogP contribution in [0.5, 0.6) is 0 Å². The first kappa shape index (κ1) is 40.4. The minimum atomic E-state index is 0. The molecule has 0 N–H and O–H groups in total. The van der Waals surface area contributed by atoms with Crippen LogP contribution < -0.4 is 24.8 Å². The smallest absolute Gasteiger partial charge is 1.00 e. The zero-order valence-electron chi connectivity index (χ0n) is 20.2. The van der Waals surface area contributed by atoms with Gasteiger partial charge in [0.05, 0.1) is 0 Å². The molecule has 0 aliphatic rings. The van der Waals surface area contributed by atoms with Crippen molar-refractivity contribution in [2.45, 2.75) is 79.5 Å². The van der Waals surface area contributed by atoms with Crippen molar-refractivity contribution >= 4 is 18.5 Å². The van der Waals surface area contributed by atoms with Crippen LogP contribution in [0.15, 0.2) is 48.6 Å². The van der Waals surface area contributed by atoms with Crippen LogP contribution in [0.1, 0.15) is 69.2 Å². The van der Waals surface area contributed by atoms with Crippen molar-refractivity contribution in [1.82, 2.24) is 0 Å². The molecule has 0 nitrogen and oxygen atoms in total. The van der Waals surface area contributed by atoms with Gasteiger partial charge in [-0.3, -0.25) is 0 Å². The molecule has 0 radical (unpaired) electrons. The van der Waals surface area contributed by atoms with Gasteiger partial charge in [0, 0.05) is 10.3 Å². The molecule has 0 aromatic carbocycles. The first-order valence-corrected chi connectivity index (χ1v) is 11.2. The van der Waals surface area contributed by atoms with Crippen LogP contribution in [0.2, 0.25) is 0 Å². The monoisotopic (exact) mass is 572 g/mol. The van der Waals surface area contributed by atoms with Gasteiger partial charge in [-0.15, -0.1) is 18.5 Å². The summed E-state index contributed by atoms with van der Waals surface area (Å²) >= 11 is 0. The molecule has 0 rings (SSSR count). The summed E-state index contributed by atoms with van der Waals surface area (Å²) in [7, 11) is 5.99. The van der Waals surface area contributed by atoms with E-state index >= 15 is 0 Å². The standard InChI is InChI=1S/2C12H23P.2ClH.Pd/c2*1-6-7-8-9-12(13,10(2)3)11(4)5;;;/h2*6-11H,13H2,1-5H3;2*1H;/q;;;;+2/p-2. The molecule has 0 fully saturated rings. The molecule has 0 aromatic heterocycles. The van der Waals surface area contributed by atoms with Gasteiger partial charge >= 0.3 is 20.4 Å². The van der Waals surface area contributed by atoms with Crippen LogP contribution in [0.4, 0.5) is 0 Å². The molecular weight excluding hydrogens is 528 g/mol. The van der Waals surface area contributed by atoms with Gasteiger partial charge in [0.15, 0.2) is 0 Å². The summed E-state index contributed by atoms with van der Waals surface area (Å²) in [5, 5.41) is 0.471. The molecule has 0 heterocycles. The Morgan fingerprint density at radius 2 is 0.724 bits per heavy atom. The number of rotatable bonds is 8. The average Bonchev–Trinajstić information content (AvgIpc) is 2.54. The normalized spacial score (nSPS) is 12.7. The zero-order valence-corrected chi connectivity index (χ0v) is 25.5. The van der Waals surface area contributed by atoms with Gasteiger partial charge in [0.25, 0.3) is 0 Å². The molecule has 0 saturated heterocycles. The fourth-order valence-electron chi connectivity index (χ4n) is 2.77. The summed E-state index contributed by atoms with van der Waals surface area (Å²) in [5.41, 5.74) is 0. The van der Waals surface area contributed by atoms with Gasteiger partial charge in [-0.05, 0) is 37.5 Å². The van der Waals surface area contributed by atoms with Crippen LogP contribution >= 0.6 is 18.5 Å². The molecule has 176 valence electrons. The van der Waals surface area contributed by atoms with Crippen LogP contribution in [-0.2, 0) is 20.4 Å². The maximum atomic E-state index is 3.00. The Bertz CT molecular complexity index is 419. The Morgan fingerprint density at radius 1 is 0.517 bits per heavy atom. The summed E-state index contributed by atoms with van der Waals surface area (Å²) in [6.45, 7) is 22.2. The van der Waals surface area contributed by atoms with Crippen molar-refractivity contribution in [2.75, 3.05) is 0 Å².